The van der Waals surface area contributed by atoms with E-state index in [4.69, 9.17) is 0 Å². The van der Waals surface area contributed by atoms with Crippen LogP contribution in [0.1, 0.15) is 32.8 Å². The molecule has 0 saturated carbocycles. The van der Waals surface area contributed by atoms with E-state index in [1.807, 2.05) is 51.1 Å². The summed E-state index contributed by atoms with van der Waals surface area (Å²) >= 11 is 0. The van der Waals surface area contributed by atoms with Crippen molar-refractivity contribution in [1.82, 2.24) is 10.2 Å². The summed E-state index contributed by atoms with van der Waals surface area (Å²) in [5.41, 5.74) is 1.02. The van der Waals surface area contributed by atoms with Crippen LogP contribution in [0.5, 0.6) is 0 Å². The summed E-state index contributed by atoms with van der Waals surface area (Å²) in [7, 11) is 0. The van der Waals surface area contributed by atoms with Crippen LogP contribution in [0.4, 0.5) is 0 Å². The van der Waals surface area contributed by atoms with Crippen LogP contribution in [0, 0.1) is 0 Å². The van der Waals surface area contributed by atoms with Crippen LogP contribution in [0.3, 0.4) is 0 Å². The third-order valence-electron chi connectivity index (χ3n) is 3.07. The minimum Gasteiger partial charge on any atom is -0.345 e. The van der Waals surface area contributed by atoms with Crippen LogP contribution >= 0.6 is 0 Å². The number of likely N-dealkylation sites (N-methyl/N-ethyl adjacent to an activating group) is 1. The van der Waals surface area contributed by atoms with Crippen LogP contribution < -0.4 is 5.32 Å². The molecule has 0 bridgehead atoms. The number of rotatable bonds is 5. The monoisotopic (exact) mass is 262 g/mol. The lowest BCUT2D eigenvalue weighted by Gasteiger charge is -2.21. The fourth-order valence-electron chi connectivity index (χ4n) is 1.66. The highest BCUT2D eigenvalue weighted by atomic mass is 16.2. The molecular formula is C15H22N2O2. The summed E-state index contributed by atoms with van der Waals surface area (Å²) in [4.78, 5) is 25.4. The molecule has 19 heavy (non-hydrogen) atoms. The first-order chi connectivity index (χ1) is 9.08. The minimum absolute atomic E-state index is 0.0203. The summed E-state index contributed by atoms with van der Waals surface area (Å²) < 4.78 is 0. The Morgan fingerprint density at radius 3 is 2.37 bits per heavy atom. The van der Waals surface area contributed by atoms with Crippen molar-refractivity contribution in [2.24, 2.45) is 0 Å². The number of carbonyl (C=O) groups excluding carboxylic acids is 2. The molecule has 0 fully saturated rings. The van der Waals surface area contributed by atoms with E-state index in [1.54, 1.807) is 4.90 Å². The van der Waals surface area contributed by atoms with Gasteiger partial charge in [-0.25, -0.2) is 0 Å². The smallest absolute Gasteiger partial charge is 0.312 e. The zero-order valence-corrected chi connectivity index (χ0v) is 11.8. The molecule has 1 aromatic carbocycles. The van der Waals surface area contributed by atoms with E-state index in [0.717, 1.165) is 12.0 Å². The Labute approximate surface area is 114 Å². The maximum absolute atomic E-state index is 12.0. The fourth-order valence-corrected chi connectivity index (χ4v) is 1.66. The van der Waals surface area contributed by atoms with Gasteiger partial charge in [-0.2, -0.15) is 0 Å². The van der Waals surface area contributed by atoms with Gasteiger partial charge in [0.15, 0.2) is 0 Å². The number of amides is 2. The Bertz CT molecular complexity index is 417. The summed E-state index contributed by atoms with van der Waals surface area (Å²) in [5, 5.41) is 2.70. The van der Waals surface area contributed by atoms with E-state index in [1.165, 1.54) is 0 Å². The first-order valence-electron chi connectivity index (χ1n) is 6.72. The van der Waals surface area contributed by atoms with Crippen molar-refractivity contribution in [3.63, 3.8) is 0 Å². The number of nitrogens with zero attached hydrogens (tertiary/aromatic N) is 1. The van der Waals surface area contributed by atoms with Gasteiger partial charge in [0.1, 0.15) is 0 Å². The van der Waals surface area contributed by atoms with Gasteiger partial charge in [-0.1, -0.05) is 37.3 Å². The number of carbonyl (C=O) groups is 2. The van der Waals surface area contributed by atoms with E-state index >= 15 is 0 Å². The largest absolute Gasteiger partial charge is 0.345 e. The van der Waals surface area contributed by atoms with Gasteiger partial charge < -0.3 is 10.2 Å². The molecule has 0 aliphatic carbocycles. The molecular weight excluding hydrogens is 240 g/mol. The SMILES string of the molecule is CCC(C)NC(=O)C(=O)N(CC)Cc1ccccc1. The number of hydrogen-bond donors (Lipinski definition) is 1. The molecule has 4 nitrogen and oxygen atoms in total. The Morgan fingerprint density at radius 1 is 1.21 bits per heavy atom. The summed E-state index contributed by atoms with van der Waals surface area (Å²) in [5.74, 6) is -0.987. The van der Waals surface area contributed by atoms with Crippen molar-refractivity contribution in [1.29, 1.82) is 0 Å². The molecule has 2 amide bonds. The van der Waals surface area contributed by atoms with Crippen molar-refractivity contribution >= 4 is 11.8 Å². The molecule has 1 aromatic rings. The highest BCUT2D eigenvalue weighted by Gasteiger charge is 2.21. The van der Waals surface area contributed by atoms with Crippen molar-refractivity contribution < 1.29 is 9.59 Å². The van der Waals surface area contributed by atoms with E-state index < -0.39 is 11.8 Å². The second-order valence-corrected chi connectivity index (χ2v) is 4.59. The summed E-state index contributed by atoms with van der Waals surface area (Å²) in [6.45, 7) is 6.71. The van der Waals surface area contributed by atoms with Crippen molar-refractivity contribution in [3.05, 3.63) is 35.9 Å². The topological polar surface area (TPSA) is 49.4 Å². The average Bonchev–Trinajstić information content (AvgIpc) is 2.44. The predicted molar refractivity (Wildman–Crippen MR) is 75.4 cm³/mol. The molecule has 0 spiro atoms. The van der Waals surface area contributed by atoms with Crippen molar-refractivity contribution in [3.8, 4) is 0 Å². The number of benzene rings is 1. The Hall–Kier alpha value is -1.84. The van der Waals surface area contributed by atoms with Crippen LogP contribution in [-0.2, 0) is 16.1 Å². The lowest BCUT2D eigenvalue weighted by atomic mass is 10.2. The average molecular weight is 262 g/mol. The standard InChI is InChI=1S/C15H22N2O2/c1-4-12(3)16-14(18)15(19)17(5-2)11-13-9-7-6-8-10-13/h6-10,12H,4-5,11H2,1-3H3,(H,16,18). The van der Waals surface area contributed by atoms with Gasteiger partial charge in [0.05, 0.1) is 0 Å². The second-order valence-electron chi connectivity index (χ2n) is 4.59. The molecule has 1 atom stereocenters. The molecule has 0 aliphatic heterocycles. The molecule has 4 heteroatoms. The Balaban J connectivity index is 2.64. The third-order valence-corrected chi connectivity index (χ3v) is 3.07. The zero-order valence-electron chi connectivity index (χ0n) is 11.8. The van der Waals surface area contributed by atoms with E-state index in [2.05, 4.69) is 5.32 Å². The highest BCUT2D eigenvalue weighted by Crippen LogP contribution is 2.04. The lowest BCUT2D eigenvalue weighted by Crippen LogP contribution is -2.45. The van der Waals surface area contributed by atoms with Gasteiger partial charge in [0.25, 0.3) is 0 Å². The first-order valence-corrected chi connectivity index (χ1v) is 6.72. The minimum atomic E-state index is -0.521. The lowest BCUT2D eigenvalue weighted by molar-refractivity contribution is -0.146. The van der Waals surface area contributed by atoms with Crippen molar-refractivity contribution in [2.45, 2.75) is 39.8 Å². The predicted octanol–water partition coefficient (Wildman–Crippen LogP) is 1.95. The molecule has 1 rings (SSSR count). The molecule has 1 unspecified atom stereocenters. The van der Waals surface area contributed by atoms with Gasteiger partial charge in [-0.3, -0.25) is 9.59 Å². The molecule has 0 radical (unpaired) electrons. The highest BCUT2D eigenvalue weighted by molar-refractivity contribution is 6.35. The molecule has 0 aromatic heterocycles. The van der Waals surface area contributed by atoms with E-state index in [9.17, 15) is 9.59 Å². The van der Waals surface area contributed by atoms with Gasteiger partial charge in [-0.05, 0) is 25.8 Å². The Morgan fingerprint density at radius 2 is 1.84 bits per heavy atom. The molecule has 104 valence electrons. The van der Waals surface area contributed by atoms with Gasteiger partial charge in [0, 0.05) is 19.1 Å². The number of nitrogens with one attached hydrogen (secondary N) is 1. The second kappa shape index (κ2) is 7.56. The normalized spacial score (nSPS) is 11.7. The van der Waals surface area contributed by atoms with Crippen molar-refractivity contribution in [2.75, 3.05) is 6.54 Å². The first kappa shape index (κ1) is 15.2. The zero-order chi connectivity index (χ0) is 14.3. The van der Waals surface area contributed by atoms with Gasteiger partial charge in [0.2, 0.25) is 0 Å². The molecule has 0 heterocycles. The summed E-state index contributed by atoms with van der Waals surface area (Å²) in [6.07, 6.45) is 0.809. The van der Waals surface area contributed by atoms with Crippen LogP contribution in [-0.4, -0.2) is 29.3 Å². The molecule has 0 aliphatic rings. The molecule has 0 saturated heterocycles. The maximum atomic E-state index is 12.0. The van der Waals surface area contributed by atoms with E-state index in [0.29, 0.717) is 13.1 Å². The Kier molecular flexibility index (Phi) is 6.06. The third kappa shape index (κ3) is 4.73. The van der Waals surface area contributed by atoms with E-state index in [-0.39, 0.29) is 6.04 Å². The van der Waals surface area contributed by atoms with Gasteiger partial charge >= 0.3 is 11.8 Å². The fraction of sp³-hybridized carbons (Fsp3) is 0.467. The van der Waals surface area contributed by atoms with Gasteiger partial charge in [-0.15, -0.1) is 0 Å². The van der Waals surface area contributed by atoms with Crippen LogP contribution in [0.2, 0.25) is 0 Å². The van der Waals surface area contributed by atoms with Crippen LogP contribution in [0.25, 0.3) is 0 Å². The molecule has 1 N–H and O–H groups in total. The van der Waals surface area contributed by atoms with Crippen LogP contribution in [0.15, 0.2) is 30.3 Å². The summed E-state index contributed by atoms with van der Waals surface area (Å²) in [6, 6.07) is 9.69. The number of hydrogen-bond acceptors (Lipinski definition) is 2. The quantitative estimate of drug-likeness (QED) is 0.825. The maximum Gasteiger partial charge on any atom is 0.312 e.